The minimum atomic E-state index is 0.262. The predicted octanol–water partition coefficient (Wildman–Crippen LogP) is 2.87. The Balaban J connectivity index is 2.03. The first-order valence-corrected chi connectivity index (χ1v) is 5.62. The Morgan fingerprint density at radius 1 is 0.857 bits per heavy atom. The molecule has 2 aliphatic rings. The van der Waals surface area contributed by atoms with Gasteiger partial charge in [0.05, 0.1) is 12.1 Å². The summed E-state index contributed by atoms with van der Waals surface area (Å²) in [6.45, 7) is 0. The Bertz CT molecular complexity index is 284. The molecule has 0 heterocycles. The summed E-state index contributed by atoms with van der Waals surface area (Å²) in [4.78, 5) is 0. The van der Waals surface area contributed by atoms with Crippen molar-refractivity contribution in [3.63, 3.8) is 0 Å². The largest absolute Gasteiger partial charge is 0.198 e. The van der Waals surface area contributed by atoms with Crippen LogP contribution in [0, 0.1) is 46.3 Å². The lowest BCUT2D eigenvalue weighted by Crippen LogP contribution is -2.10. The van der Waals surface area contributed by atoms with E-state index in [1.807, 2.05) is 0 Å². The lowest BCUT2D eigenvalue weighted by atomic mass is 9.85. The van der Waals surface area contributed by atoms with E-state index in [0.717, 1.165) is 31.6 Å². The van der Waals surface area contributed by atoms with Crippen molar-refractivity contribution in [3.05, 3.63) is 0 Å². The monoisotopic (exact) mass is 188 g/mol. The number of hydrogen-bond donors (Lipinski definition) is 0. The Labute approximate surface area is 85.5 Å². The van der Waals surface area contributed by atoms with Crippen molar-refractivity contribution in [3.8, 4) is 12.1 Å². The fourth-order valence-electron chi connectivity index (χ4n) is 3.08. The van der Waals surface area contributed by atoms with E-state index in [0.29, 0.717) is 5.92 Å². The van der Waals surface area contributed by atoms with Gasteiger partial charge in [-0.2, -0.15) is 10.5 Å². The van der Waals surface area contributed by atoms with Crippen molar-refractivity contribution in [1.29, 1.82) is 10.5 Å². The second kappa shape index (κ2) is 4.01. The zero-order chi connectivity index (χ0) is 9.97. The van der Waals surface area contributed by atoms with Gasteiger partial charge in [0.15, 0.2) is 0 Å². The standard InChI is InChI=1S/C12H16N2/c13-7-9-1-2-10-5-11(4-3-9)12(6-10)8-14/h9-12H,1-6H2. The topological polar surface area (TPSA) is 47.6 Å². The van der Waals surface area contributed by atoms with Gasteiger partial charge in [0, 0.05) is 11.8 Å². The molecule has 2 heteroatoms. The molecule has 0 spiro atoms. The highest BCUT2D eigenvalue weighted by molar-refractivity contribution is 4.98. The van der Waals surface area contributed by atoms with E-state index < -0.39 is 0 Å². The maximum absolute atomic E-state index is 9.00. The minimum absolute atomic E-state index is 0.262. The highest BCUT2D eigenvalue weighted by Gasteiger charge is 2.36. The van der Waals surface area contributed by atoms with Gasteiger partial charge in [-0.1, -0.05) is 0 Å². The van der Waals surface area contributed by atoms with Gasteiger partial charge in [0.25, 0.3) is 0 Å². The molecule has 0 N–H and O–H groups in total. The predicted molar refractivity (Wildman–Crippen MR) is 52.9 cm³/mol. The van der Waals surface area contributed by atoms with Crippen molar-refractivity contribution in [2.24, 2.45) is 23.7 Å². The summed E-state index contributed by atoms with van der Waals surface area (Å²) in [7, 11) is 0. The van der Waals surface area contributed by atoms with Gasteiger partial charge in [0.2, 0.25) is 0 Å². The van der Waals surface area contributed by atoms with Gasteiger partial charge in [0.1, 0.15) is 0 Å². The quantitative estimate of drug-likeness (QED) is 0.586. The van der Waals surface area contributed by atoms with E-state index in [-0.39, 0.29) is 11.8 Å². The van der Waals surface area contributed by atoms with Crippen LogP contribution in [0.5, 0.6) is 0 Å². The molecule has 0 radical (unpaired) electrons. The third-order valence-electron chi connectivity index (χ3n) is 3.95. The SMILES string of the molecule is N#CC1CCC2CC(C#N)C(CC1)C2. The summed E-state index contributed by atoms with van der Waals surface area (Å²) in [5.74, 6) is 1.89. The van der Waals surface area contributed by atoms with Gasteiger partial charge < -0.3 is 0 Å². The van der Waals surface area contributed by atoms with Gasteiger partial charge in [-0.15, -0.1) is 0 Å². The van der Waals surface area contributed by atoms with Crippen LogP contribution in [0.25, 0.3) is 0 Å². The molecule has 0 aliphatic heterocycles. The van der Waals surface area contributed by atoms with Crippen LogP contribution < -0.4 is 0 Å². The normalized spacial score (nSPS) is 41.9. The third kappa shape index (κ3) is 1.75. The van der Waals surface area contributed by atoms with E-state index in [9.17, 15) is 0 Å². The second-order valence-electron chi connectivity index (χ2n) is 4.81. The molecule has 14 heavy (non-hydrogen) atoms. The fraction of sp³-hybridized carbons (Fsp3) is 0.833. The summed E-state index contributed by atoms with van der Waals surface area (Å²) < 4.78 is 0. The van der Waals surface area contributed by atoms with Crippen LogP contribution in [0.15, 0.2) is 0 Å². The Morgan fingerprint density at radius 3 is 2.36 bits per heavy atom. The van der Waals surface area contributed by atoms with Crippen molar-refractivity contribution < 1.29 is 0 Å². The molecule has 2 nitrogen and oxygen atoms in total. The Kier molecular flexibility index (Phi) is 2.73. The summed E-state index contributed by atoms with van der Waals surface area (Å²) in [5, 5.41) is 17.9. The zero-order valence-corrected chi connectivity index (χ0v) is 8.45. The van der Waals surface area contributed by atoms with Gasteiger partial charge in [-0.25, -0.2) is 0 Å². The highest BCUT2D eigenvalue weighted by atomic mass is 14.4. The van der Waals surface area contributed by atoms with Gasteiger partial charge in [-0.3, -0.25) is 0 Å². The van der Waals surface area contributed by atoms with Crippen LogP contribution in [0.2, 0.25) is 0 Å². The number of nitriles is 2. The van der Waals surface area contributed by atoms with E-state index in [4.69, 9.17) is 10.5 Å². The molecular weight excluding hydrogens is 172 g/mol. The van der Waals surface area contributed by atoms with Crippen molar-refractivity contribution >= 4 is 0 Å². The average Bonchev–Trinajstić information content (AvgIpc) is 2.59. The molecule has 74 valence electrons. The summed E-state index contributed by atoms with van der Waals surface area (Å²) in [5.41, 5.74) is 0. The maximum Gasteiger partial charge on any atom is 0.0658 e. The third-order valence-corrected chi connectivity index (χ3v) is 3.95. The van der Waals surface area contributed by atoms with E-state index in [2.05, 4.69) is 12.1 Å². The van der Waals surface area contributed by atoms with Crippen LogP contribution in [0.1, 0.15) is 38.5 Å². The molecule has 2 fully saturated rings. The average molecular weight is 188 g/mol. The van der Waals surface area contributed by atoms with Crippen molar-refractivity contribution in [1.82, 2.24) is 0 Å². The lowest BCUT2D eigenvalue weighted by Gasteiger charge is -2.19. The minimum Gasteiger partial charge on any atom is -0.198 e. The molecule has 0 aromatic heterocycles. The van der Waals surface area contributed by atoms with E-state index in [1.54, 1.807) is 0 Å². The van der Waals surface area contributed by atoms with Crippen LogP contribution in [-0.2, 0) is 0 Å². The highest BCUT2D eigenvalue weighted by Crippen LogP contribution is 2.44. The van der Waals surface area contributed by atoms with Gasteiger partial charge >= 0.3 is 0 Å². The molecule has 0 aromatic carbocycles. The molecule has 0 aromatic rings. The molecule has 2 aliphatic carbocycles. The summed E-state index contributed by atoms with van der Waals surface area (Å²) in [6, 6.07) is 4.83. The van der Waals surface area contributed by atoms with Crippen LogP contribution in [0.4, 0.5) is 0 Å². The molecule has 0 saturated heterocycles. The first-order valence-electron chi connectivity index (χ1n) is 5.62. The van der Waals surface area contributed by atoms with Crippen molar-refractivity contribution in [2.75, 3.05) is 0 Å². The van der Waals surface area contributed by atoms with Gasteiger partial charge in [-0.05, 0) is 50.4 Å². The first kappa shape index (κ1) is 9.53. The Hall–Kier alpha value is -1.02. The smallest absolute Gasteiger partial charge is 0.0658 e. The number of rotatable bonds is 0. The van der Waals surface area contributed by atoms with E-state index in [1.165, 1.54) is 12.8 Å². The number of nitrogens with zero attached hydrogens (tertiary/aromatic N) is 2. The fourth-order valence-corrected chi connectivity index (χ4v) is 3.08. The molecule has 2 rings (SSSR count). The van der Waals surface area contributed by atoms with E-state index >= 15 is 0 Å². The zero-order valence-electron chi connectivity index (χ0n) is 8.45. The lowest BCUT2D eigenvalue weighted by molar-refractivity contribution is 0.338. The molecule has 2 saturated carbocycles. The molecule has 4 unspecified atom stereocenters. The number of hydrogen-bond acceptors (Lipinski definition) is 2. The molecular formula is C12H16N2. The molecule has 4 atom stereocenters. The number of fused-ring (bicyclic) bond motifs is 2. The molecule has 0 amide bonds. The summed E-state index contributed by atoms with van der Waals surface area (Å²) >= 11 is 0. The second-order valence-corrected chi connectivity index (χ2v) is 4.81. The first-order chi connectivity index (χ1) is 6.83. The van der Waals surface area contributed by atoms with Crippen LogP contribution >= 0.6 is 0 Å². The van der Waals surface area contributed by atoms with Crippen LogP contribution in [0.3, 0.4) is 0 Å². The van der Waals surface area contributed by atoms with Crippen molar-refractivity contribution in [2.45, 2.75) is 38.5 Å². The maximum atomic E-state index is 9.00. The van der Waals surface area contributed by atoms with Crippen LogP contribution in [-0.4, -0.2) is 0 Å². The Morgan fingerprint density at radius 2 is 1.64 bits per heavy atom. The summed E-state index contributed by atoms with van der Waals surface area (Å²) in [6.07, 6.45) is 6.70. The molecule has 2 bridgehead atoms.